The summed E-state index contributed by atoms with van der Waals surface area (Å²) in [6.45, 7) is 3.63. The first-order chi connectivity index (χ1) is 16.6. The standard InChI is InChI=1S/C26H27NO7S/c1-4-34-23(28)12-7-19-16-26(14-13-18-15-20(33-3)8-11-22(18)24(26)29)25(30)27(19)35(31,32)21-9-5-17(2)6-10-21/h5-12,15,19H,4,13-14,16H2,1-3H3/b12-7+/t19-,26-/m0/s1. The van der Waals surface area contributed by atoms with E-state index in [0.717, 1.165) is 21.5 Å². The van der Waals surface area contributed by atoms with Gasteiger partial charge >= 0.3 is 5.97 Å². The number of esters is 1. The Bertz CT molecular complexity index is 1310. The third-order valence-electron chi connectivity index (χ3n) is 6.60. The Hall–Kier alpha value is -3.46. The molecule has 0 unspecified atom stereocenters. The Balaban J connectivity index is 1.78. The van der Waals surface area contributed by atoms with Crippen LogP contribution >= 0.6 is 0 Å². The Morgan fingerprint density at radius 3 is 2.54 bits per heavy atom. The maximum absolute atomic E-state index is 13.8. The minimum atomic E-state index is -4.29. The van der Waals surface area contributed by atoms with Crippen LogP contribution < -0.4 is 4.74 Å². The smallest absolute Gasteiger partial charge is 0.330 e. The lowest BCUT2D eigenvalue weighted by molar-refractivity contribution is -0.137. The van der Waals surface area contributed by atoms with Crippen molar-refractivity contribution in [3.8, 4) is 5.75 Å². The number of sulfonamides is 1. The van der Waals surface area contributed by atoms with E-state index in [4.69, 9.17) is 9.47 Å². The van der Waals surface area contributed by atoms with Crippen LogP contribution in [0.3, 0.4) is 0 Å². The zero-order valence-electron chi connectivity index (χ0n) is 19.8. The van der Waals surface area contributed by atoms with Crippen LogP contribution in [0.2, 0.25) is 0 Å². The van der Waals surface area contributed by atoms with Crippen molar-refractivity contribution in [1.82, 2.24) is 4.31 Å². The maximum Gasteiger partial charge on any atom is 0.330 e. The van der Waals surface area contributed by atoms with E-state index in [-0.39, 0.29) is 24.3 Å². The SMILES string of the molecule is CCOC(=O)/C=C/[C@H]1C[C@]2(CCc3cc(OC)ccc3C2=O)C(=O)N1S(=O)(=O)c1ccc(C)cc1. The summed E-state index contributed by atoms with van der Waals surface area (Å²) in [6, 6.07) is 10.2. The summed E-state index contributed by atoms with van der Waals surface area (Å²) in [5.74, 6) is -1.24. The van der Waals surface area contributed by atoms with E-state index in [2.05, 4.69) is 0 Å². The molecule has 1 aliphatic carbocycles. The lowest BCUT2D eigenvalue weighted by atomic mass is 9.68. The molecule has 1 amide bonds. The summed E-state index contributed by atoms with van der Waals surface area (Å²) in [5.41, 5.74) is 0.462. The highest BCUT2D eigenvalue weighted by molar-refractivity contribution is 7.89. The van der Waals surface area contributed by atoms with Gasteiger partial charge in [-0.1, -0.05) is 23.8 Å². The van der Waals surface area contributed by atoms with Gasteiger partial charge in [-0.2, -0.15) is 0 Å². The molecule has 184 valence electrons. The van der Waals surface area contributed by atoms with E-state index in [0.29, 0.717) is 17.7 Å². The molecule has 1 saturated heterocycles. The normalized spacial score (nSPS) is 22.0. The highest BCUT2D eigenvalue weighted by atomic mass is 32.2. The number of amides is 1. The zero-order valence-corrected chi connectivity index (χ0v) is 20.6. The Morgan fingerprint density at radius 1 is 1.17 bits per heavy atom. The number of hydrogen-bond donors (Lipinski definition) is 0. The lowest BCUT2D eigenvalue weighted by Gasteiger charge is -2.31. The molecule has 0 N–H and O–H groups in total. The highest BCUT2D eigenvalue weighted by Crippen LogP contribution is 2.48. The molecule has 2 aliphatic rings. The molecule has 1 heterocycles. The first-order valence-corrected chi connectivity index (χ1v) is 12.8. The van der Waals surface area contributed by atoms with E-state index in [1.165, 1.54) is 25.3 Å². The number of fused-ring (bicyclic) bond motifs is 1. The van der Waals surface area contributed by atoms with Gasteiger partial charge in [0.2, 0.25) is 0 Å². The molecule has 35 heavy (non-hydrogen) atoms. The first kappa shape index (κ1) is 24.7. The maximum atomic E-state index is 13.8. The first-order valence-electron chi connectivity index (χ1n) is 11.4. The second-order valence-electron chi connectivity index (χ2n) is 8.74. The van der Waals surface area contributed by atoms with Gasteiger partial charge < -0.3 is 9.47 Å². The number of ketones is 1. The van der Waals surface area contributed by atoms with Crippen molar-refractivity contribution in [2.75, 3.05) is 13.7 Å². The zero-order chi connectivity index (χ0) is 25.4. The van der Waals surface area contributed by atoms with E-state index in [1.54, 1.807) is 37.3 Å². The van der Waals surface area contributed by atoms with Gasteiger partial charge in [-0.15, -0.1) is 0 Å². The van der Waals surface area contributed by atoms with Crippen LogP contribution in [0, 0.1) is 12.3 Å². The van der Waals surface area contributed by atoms with Crippen molar-refractivity contribution in [1.29, 1.82) is 0 Å². The summed E-state index contributed by atoms with van der Waals surface area (Å²) in [6.07, 6.45) is 2.97. The second kappa shape index (κ2) is 9.30. The molecule has 8 nitrogen and oxygen atoms in total. The van der Waals surface area contributed by atoms with E-state index >= 15 is 0 Å². The van der Waals surface area contributed by atoms with Gasteiger partial charge in [0.15, 0.2) is 5.78 Å². The average molecular weight is 498 g/mol. The number of benzene rings is 2. The van der Waals surface area contributed by atoms with Crippen LogP contribution in [0.25, 0.3) is 0 Å². The van der Waals surface area contributed by atoms with Crippen LogP contribution in [0.1, 0.15) is 41.3 Å². The number of carbonyl (C=O) groups is 3. The average Bonchev–Trinajstić information content (AvgIpc) is 3.13. The molecule has 4 rings (SSSR count). The third kappa shape index (κ3) is 4.25. The largest absolute Gasteiger partial charge is 0.497 e. The number of hydrogen-bond acceptors (Lipinski definition) is 7. The summed E-state index contributed by atoms with van der Waals surface area (Å²) in [5, 5.41) is 0. The molecule has 0 aromatic heterocycles. The van der Waals surface area contributed by atoms with Crippen LogP contribution in [-0.4, -0.2) is 50.1 Å². The lowest BCUT2D eigenvalue weighted by Crippen LogP contribution is -2.45. The number of carbonyl (C=O) groups excluding carboxylic acids is 3. The van der Waals surface area contributed by atoms with Crippen LogP contribution in [0.4, 0.5) is 0 Å². The third-order valence-corrected chi connectivity index (χ3v) is 8.42. The molecule has 0 radical (unpaired) electrons. The van der Waals surface area contributed by atoms with Crippen molar-refractivity contribution in [2.45, 2.75) is 44.0 Å². The molecule has 9 heteroatoms. The fraction of sp³-hybridized carbons (Fsp3) is 0.346. The minimum Gasteiger partial charge on any atom is -0.497 e. The molecular weight excluding hydrogens is 470 g/mol. The number of Topliss-reactive ketones (excluding diaryl/α,β-unsaturated/α-hetero) is 1. The predicted octanol–water partition coefficient (Wildman–Crippen LogP) is 3.23. The molecule has 2 aromatic rings. The summed E-state index contributed by atoms with van der Waals surface area (Å²) in [4.78, 5) is 39.4. The number of methoxy groups -OCH3 is 1. The Morgan fingerprint density at radius 2 is 1.89 bits per heavy atom. The quantitative estimate of drug-likeness (QED) is 0.343. The molecule has 1 spiro atoms. The number of aryl methyl sites for hydroxylation is 2. The summed E-state index contributed by atoms with van der Waals surface area (Å²) >= 11 is 0. The van der Waals surface area contributed by atoms with Gasteiger partial charge in [-0.25, -0.2) is 17.5 Å². The van der Waals surface area contributed by atoms with Crippen molar-refractivity contribution in [2.24, 2.45) is 5.41 Å². The molecular formula is C26H27NO7S. The van der Waals surface area contributed by atoms with Gasteiger partial charge in [0.1, 0.15) is 11.2 Å². The van der Waals surface area contributed by atoms with Gasteiger partial charge in [-0.05, 0) is 69.0 Å². The molecule has 1 aliphatic heterocycles. The fourth-order valence-electron chi connectivity index (χ4n) is 4.77. The second-order valence-corrected chi connectivity index (χ2v) is 10.6. The summed E-state index contributed by atoms with van der Waals surface area (Å²) < 4.78 is 38.2. The monoisotopic (exact) mass is 497 g/mol. The topological polar surface area (TPSA) is 107 Å². The number of rotatable bonds is 6. The van der Waals surface area contributed by atoms with Gasteiger partial charge in [-0.3, -0.25) is 9.59 Å². The Labute approximate surface area is 204 Å². The van der Waals surface area contributed by atoms with Crippen molar-refractivity contribution in [3.05, 3.63) is 71.3 Å². The van der Waals surface area contributed by atoms with E-state index in [9.17, 15) is 22.8 Å². The van der Waals surface area contributed by atoms with E-state index in [1.807, 2.05) is 6.92 Å². The fourth-order valence-corrected chi connectivity index (χ4v) is 6.37. The summed E-state index contributed by atoms with van der Waals surface area (Å²) in [7, 11) is -2.76. The number of ether oxygens (including phenoxy) is 2. The van der Waals surface area contributed by atoms with Crippen molar-refractivity contribution >= 4 is 27.7 Å². The van der Waals surface area contributed by atoms with Gasteiger partial charge in [0, 0.05) is 11.6 Å². The minimum absolute atomic E-state index is 0.0584. The van der Waals surface area contributed by atoms with Crippen LogP contribution in [0.5, 0.6) is 5.75 Å². The molecule has 2 atom stereocenters. The van der Waals surface area contributed by atoms with Crippen LogP contribution in [0.15, 0.2) is 59.5 Å². The van der Waals surface area contributed by atoms with Gasteiger partial charge in [0.05, 0.1) is 24.7 Å². The highest BCUT2D eigenvalue weighted by Gasteiger charge is 2.60. The van der Waals surface area contributed by atoms with Crippen LogP contribution in [-0.2, 0) is 30.8 Å². The molecule has 2 aromatic carbocycles. The number of nitrogens with zero attached hydrogens (tertiary/aromatic N) is 1. The van der Waals surface area contributed by atoms with Gasteiger partial charge in [0.25, 0.3) is 15.9 Å². The Kier molecular flexibility index (Phi) is 6.55. The molecule has 0 saturated carbocycles. The molecule has 1 fully saturated rings. The predicted molar refractivity (Wildman–Crippen MR) is 127 cm³/mol. The van der Waals surface area contributed by atoms with Crippen molar-refractivity contribution < 1.29 is 32.3 Å². The molecule has 0 bridgehead atoms. The van der Waals surface area contributed by atoms with E-state index < -0.39 is 39.1 Å². The van der Waals surface area contributed by atoms with Crippen molar-refractivity contribution in [3.63, 3.8) is 0 Å².